The van der Waals surface area contributed by atoms with Crippen molar-refractivity contribution in [3.8, 4) is 5.75 Å². The monoisotopic (exact) mass is 339 g/mol. The number of anilines is 1. The second-order valence-corrected chi connectivity index (χ2v) is 5.34. The fourth-order valence-corrected chi connectivity index (χ4v) is 2.33. The van der Waals surface area contributed by atoms with Crippen LogP contribution >= 0.6 is 0 Å². The van der Waals surface area contributed by atoms with Crippen molar-refractivity contribution in [1.29, 1.82) is 0 Å². The van der Waals surface area contributed by atoms with Crippen LogP contribution in [-0.4, -0.2) is 5.91 Å². The molecule has 0 aromatic heterocycles. The highest BCUT2D eigenvalue weighted by molar-refractivity contribution is 6.05. The molecule has 0 aliphatic rings. The van der Waals surface area contributed by atoms with Crippen LogP contribution in [0.2, 0.25) is 0 Å². The van der Waals surface area contributed by atoms with Crippen LogP contribution in [0.15, 0.2) is 72.8 Å². The van der Waals surface area contributed by atoms with Crippen LogP contribution in [0.25, 0.3) is 0 Å². The molecule has 0 heterocycles. The summed E-state index contributed by atoms with van der Waals surface area (Å²) in [6.45, 7) is 0.194. The lowest BCUT2D eigenvalue weighted by atomic mass is 10.1. The van der Waals surface area contributed by atoms with Crippen molar-refractivity contribution in [3.63, 3.8) is 0 Å². The van der Waals surface area contributed by atoms with Gasteiger partial charge in [0.05, 0.1) is 5.69 Å². The lowest BCUT2D eigenvalue weighted by Crippen LogP contribution is -2.16. The quantitative estimate of drug-likeness (QED) is 0.725. The Bertz CT molecular complexity index is 882. The van der Waals surface area contributed by atoms with Gasteiger partial charge in [-0.05, 0) is 30.3 Å². The fourth-order valence-electron chi connectivity index (χ4n) is 2.33. The Kier molecular flexibility index (Phi) is 5.04. The third-order valence-electron chi connectivity index (χ3n) is 3.58. The van der Waals surface area contributed by atoms with Crippen LogP contribution in [0, 0.1) is 11.6 Å². The van der Waals surface area contributed by atoms with Crippen molar-refractivity contribution in [2.45, 2.75) is 6.61 Å². The molecule has 0 atom stereocenters. The molecule has 0 unspecified atom stereocenters. The van der Waals surface area contributed by atoms with E-state index < -0.39 is 17.5 Å². The van der Waals surface area contributed by atoms with E-state index in [2.05, 4.69) is 5.32 Å². The van der Waals surface area contributed by atoms with Gasteiger partial charge in [-0.15, -0.1) is 0 Å². The van der Waals surface area contributed by atoms with E-state index in [1.807, 2.05) is 30.3 Å². The molecule has 1 amide bonds. The Labute approximate surface area is 143 Å². The van der Waals surface area contributed by atoms with Gasteiger partial charge < -0.3 is 10.1 Å². The second-order valence-electron chi connectivity index (χ2n) is 5.34. The maximum atomic E-state index is 13.7. The van der Waals surface area contributed by atoms with Gasteiger partial charge in [0, 0.05) is 17.2 Å². The summed E-state index contributed by atoms with van der Waals surface area (Å²) in [5.41, 5.74) is 0.943. The number of benzene rings is 3. The highest BCUT2D eigenvalue weighted by Crippen LogP contribution is 2.19. The topological polar surface area (TPSA) is 38.3 Å². The summed E-state index contributed by atoms with van der Waals surface area (Å²) in [6, 6.07) is 19.1. The van der Waals surface area contributed by atoms with E-state index >= 15 is 0 Å². The number of ether oxygens (including phenoxy) is 1. The molecule has 3 aromatic rings. The van der Waals surface area contributed by atoms with Gasteiger partial charge in [0.15, 0.2) is 0 Å². The molecule has 0 spiro atoms. The van der Waals surface area contributed by atoms with Gasteiger partial charge in [-0.25, -0.2) is 8.78 Å². The van der Waals surface area contributed by atoms with Gasteiger partial charge in [0.25, 0.3) is 5.91 Å². The van der Waals surface area contributed by atoms with Crippen molar-refractivity contribution in [3.05, 3.63) is 95.6 Å². The minimum Gasteiger partial charge on any atom is -0.489 e. The third-order valence-corrected chi connectivity index (χ3v) is 3.58. The van der Waals surface area contributed by atoms with Crippen molar-refractivity contribution >= 4 is 11.6 Å². The molecular weight excluding hydrogens is 324 g/mol. The van der Waals surface area contributed by atoms with E-state index in [0.717, 1.165) is 12.1 Å². The number of rotatable bonds is 5. The Balaban J connectivity index is 1.76. The second kappa shape index (κ2) is 7.57. The number of hydrogen-bond acceptors (Lipinski definition) is 2. The normalized spacial score (nSPS) is 10.3. The molecule has 0 radical (unpaired) electrons. The zero-order valence-corrected chi connectivity index (χ0v) is 13.2. The van der Waals surface area contributed by atoms with E-state index in [1.54, 1.807) is 24.3 Å². The zero-order valence-electron chi connectivity index (χ0n) is 13.2. The molecule has 0 aliphatic carbocycles. The van der Waals surface area contributed by atoms with Crippen molar-refractivity contribution in [1.82, 2.24) is 0 Å². The Morgan fingerprint density at radius 2 is 1.64 bits per heavy atom. The molecule has 0 aliphatic heterocycles. The average molecular weight is 339 g/mol. The molecule has 126 valence electrons. The van der Waals surface area contributed by atoms with E-state index in [0.29, 0.717) is 16.9 Å². The maximum absolute atomic E-state index is 13.7. The van der Waals surface area contributed by atoms with Crippen molar-refractivity contribution in [2.24, 2.45) is 0 Å². The van der Waals surface area contributed by atoms with Crippen LogP contribution in [0.4, 0.5) is 14.5 Å². The highest BCUT2D eigenvalue weighted by Gasteiger charge is 2.14. The summed E-state index contributed by atoms with van der Waals surface area (Å²) < 4.78 is 32.4. The number of nitrogens with one attached hydrogen (secondary N) is 1. The minimum absolute atomic E-state index is 0.0785. The third kappa shape index (κ3) is 4.20. The minimum atomic E-state index is -0.827. The van der Waals surface area contributed by atoms with Crippen molar-refractivity contribution < 1.29 is 18.3 Å². The average Bonchev–Trinajstić information content (AvgIpc) is 2.63. The van der Waals surface area contributed by atoms with Gasteiger partial charge in [-0.3, -0.25) is 4.79 Å². The molecule has 0 fully saturated rings. The smallest absolute Gasteiger partial charge is 0.256 e. The molecule has 5 heteroatoms. The Morgan fingerprint density at radius 3 is 2.40 bits per heavy atom. The predicted molar refractivity (Wildman–Crippen MR) is 91.5 cm³/mol. The number of hydrogen-bond donors (Lipinski definition) is 1. The summed E-state index contributed by atoms with van der Waals surface area (Å²) in [5.74, 6) is -1.33. The first-order valence-electron chi connectivity index (χ1n) is 7.65. The van der Waals surface area contributed by atoms with Gasteiger partial charge in [0.1, 0.15) is 24.0 Å². The first kappa shape index (κ1) is 16.6. The van der Waals surface area contributed by atoms with E-state index in [9.17, 15) is 13.6 Å². The van der Waals surface area contributed by atoms with Crippen molar-refractivity contribution in [2.75, 3.05) is 5.32 Å². The van der Waals surface area contributed by atoms with Gasteiger partial charge >= 0.3 is 0 Å². The van der Waals surface area contributed by atoms with Crippen LogP contribution in [-0.2, 0) is 6.61 Å². The van der Waals surface area contributed by atoms with Gasteiger partial charge in [0.2, 0.25) is 0 Å². The maximum Gasteiger partial charge on any atom is 0.256 e. The van der Waals surface area contributed by atoms with Crippen LogP contribution in [0.5, 0.6) is 5.75 Å². The molecular formula is C20H15F2NO2. The summed E-state index contributed by atoms with van der Waals surface area (Å²) >= 11 is 0. The van der Waals surface area contributed by atoms with E-state index in [-0.39, 0.29) is 12.3 Å². The molecule has 3 aromatic carbocycles. The summed E-state index contributed by atoms with van der Waals surface area (Å²) in [7, 11) is 0. The molecule has 3 rings (SSSR count). The van der Waals surface area contributed by atoms with Crippen LogP contribution in [0.3, 0.4) is 0 Å². The fraction of sp³-hybridized carbons (Fsp3) is 0.0500. The van der Waals surface area contributed by atoms with Crippen LogP contribution in [0.1, 0.15) is 15.9 Å². The number of carbonyl (C=O) groups excluding carboxylic acids is 1. The zero-order chi connectivity index (χ0) is 17.6. The highest BCUT2D eigenvalue weighted by atomic mass is 19.1. The van der Waals surface area contributed by atoms with Gasteiger partial charge in [-0.2, -0.15) is 0 Å². The number of para-hydroxylation sites is 1. The van der Waals surface area contributed by atoms with E-state index in [4.69, 9.17) is 4.74 Å². The van der Waals surface area contributed by atoms with Gasteiger partial charge in [-0.1, -0.05) is 36.4 Å². The molecule has 0 saturated heterocycles. The lowest BCUT2D eigenvalue weighted by Gasteiger charge is -2.12. The summed E-state index contributed by atoms with van der Waals surface area (Å²) in [5, 5.41) is 2.46. The molecule has 3 nitrogen and oxygen atoms in total. The predicted octanol–water partition coefficient (Wildman–Crippen LogP) is 4.80. The summed E-state index contributed by atoms with van der Waals surface area (Å²) in [4.78, 5) is 12.5. The molecule has 1 N–H and O–H groups in total. The molecule has 25 heavy (non-hydrogen) atoms. The first-order chi connectivity index (χ1) is 12.1. The number of amides is 1. The standard InChI is InChI=1S/C20H15F2NO2/c21-15-10-11-19(18(22)12-15)23-20(24)17-9-5-4-6-14(17)13-25-16-7-2-1-3-8-16/h1-12H,13H2,(H,23,24). The Hall–Kier alpha value is -3.21. The lowest BCUT2D eigenvalue weighted by molar-refractivity contribution is 0.102. The van der Waals surface area contributed by atoms with Crippen LogP contribution < -0.4 is 10.1 Å². The van der Waals surface area contributed by atoms with E-state index in [1.165, 1.54) is 6.07 Å². The number of carbonyl (C=O) groups is 1. The summed E-state index contributed by atoms with van der Waals surface area (Å²) in [6.07, 6.45) is 0. The number of halogens is 2. The SMILES string of the molecule is O=C(Nc1ccc(F)cc1F)c1ccccc1COc1ccccc1. The molecule has 0 bridgehead atoms. The Morgan fingerprint density at radius 1 is 0.920 bits per heavy atom. The largest absolute Gasteiger partial charge is 0.489 e. The molecule has 0 saturated carbocycles. The first-order valence-corrected chi connectivity index (χ1v) is 7.65.